The molecule has 3 N–H and O–H groups in total. The number of anilines is 1. The van der Waals surface area contributed by atoms with Gasteiger partial charge in [-0.05, 0) is 42.8 Å². The van der Waals surface area contributed by atoms with Gasteiger partial charge in [-0.15, -0.1) is 0 Å². The van der Waals surface area contributed by atoms with Crippen molar-refractivity contribution in [2.24, 2.45) is 7.05 Å². The summed E-state index contributed by atoms with van der Waals surface area (Å²) < 4.78 is 34.9. The van der Waals surface area contributed by atoms with Crippen LogP contribution in [0, 0.1) is 23.0 Å². The Balaban J connectivity index is 1.68. The number of nitrogens with zero attached hydrogens (tertiary/aromatic N) is 4. The maximum Gasteiger partial charge on any atom is 0.291 e. The van der Waals surface area contributed by atoms with Crippen molar-refractivity contribution < 1.29 is 23.1 Å². The van der Waals surface area contributed by atoms with Crippen LogP contribution in [0.1, 0.15) is 34.3 Å². The van der Waals surface area contributed by atoms with Gasteiger partial charge in [-0.25, -0.2) is 14.8 Å². The third-order valence-corrected chi connectivity index (χ3v) is 6.17. The fourth-order valence-electron chi connectivity index (χ4n) is 3.76. The second kappa shape index (κ2) is 13.5. The summed E-state index contributed by atoms with van der Waals surface area (Å²) in [6.07, 6.45) is 3.40. The highest BCUT2D eigenvalue weighted by atomic mass is 35.5. The fraction of sp³-hybridized carbons (Fsp3) is 0.259. The van der Waals surface area contributed by atoms with Crippen LogP contribution in [0.5, 0.6) is 5.75 Å². The minimum absolute atomic E-state index is 0.0591. The zero-order chi connectivity index (χ0) is 29.4. The molecule has 1 aromatic heterocycles. The molecule has 3 rings (SSSR count). The van der Waals surface area contributed by atoms with E-state index in [1.54, 1.807) is 18.3 Å². The first kappa shape index (κ1) is 30.1. The molecule has 0 atom stereocenters. The molecule has 0 aliphatic carbocycles. The number of aromatic nitrogens is 2. The van der Waals surface area contributed by atoms with Crippen molar-refractivity contribution >= 4 is 29.1 Å². The van der Waals surface area contributed by atoms with E-state index < -0.39 is 23.4 Å². The predicted octanol–water partition coefficient (Wildman–Crippen LogP) is 4.26. The molecule has 2 aromatic carbocycles. The Bertz CT molecular complexity index is 1480. The van der Waals surface area contributed by atoms with Crippen molar-refractivity contribution in [3.8, 4) is 23.1 Å². The van der Waals surface area contributed by atoms with Gasteiger partial charge in [0.2, 0.25) is 5.82 Å². The summed E-state index contributed by atoms with van der Waals surface area (Å²) in [5.74, 6) is -3.61. The predicted molar refractivity (Wildman–Crippen MR) is 147 cm³/mol. The number of methoxy groups -OCH3 is 1. The number of benzene rings is 2. The number of halogens is 3. The number of imidazole rings is 1. The van der Waals surface area contributed by atoms with Crippen LogP contribution in [0.15, 0.2) is 48.3 Å². The number of carbonyl (C=O) groups excluding carboxylic acids is 2. The van der Waals surface area contributed by atoms with E-state index >= 15 is 0 Å². The van der Waals surface area contributed by atoms with E-state index in [0.717, 1.165) is 5.57 Å². The molecule has 0 bridgehead atoms. The Hall–Kier alpha value is -4.47. The molecule has 40 heavy (non-hydrogen) atoms. The van der Waals surface area contributed by atoms with Crippen LogP contribution in [0.3, 0.4) is 0 Å². The quantitative estimate of drug-likeness (QED) is 0.294. The molecule has 210 valence electrons. The molecule has 13 heteroatoms. The molecule has 2 amide bonds. The summed E-state index contributed by atoms with van der Waals surface area (Å²) >= 11 is 6.32. The zero-order valence-electron chi connectivity index (χ0n) is 22.3. The molecule has 10 nitrogen and oxygen atoms in total. The number of amides is 2. The second-order valence-electron chi connectivity index (χ2n) is 8.60. The summed E-state index contributed by atoms with van der Waals surface area (Å²) in [5.41, 5.74) is 4.39. The van der Waals surface area contributed by atoms with Gasteiger partial charge >= 0.3 is 0 Å². The van der Waals surface area contributed by atoms with Crippen molar-refractivity contribution in [1.82, 2.24) is 25.3 Å². The van der Waals surface area contributed by atoms with Crippen molar-refractivity contribution in [3.63, 3.8) is 0 Å². The molecule has 0 aliphatic heterocycles. The summed E-state index contributed by atoms with van der Waals surface area (Å²) in [4.78, 5) is 29.6. The van der Waals surface area contributed by atoms with Gasteiger partial charge in [-0.3, -0.25) is 9.59 Å². The lowest BCUT2D eigenvalue weighted by atomic mass is 10.1. The Labute approximate surface area is 235 Å². The average Bonchev–Trinajstić information content (AvgIpc) is 3.32. The fourth-order valence-corrected chi connectivity index (χ4v) is 4.03. The number of hydrogen-bond acceptors (Lipinski definition) is 7. The van der Waals surface area contributed by atoms with Crippen LogP contribution in [0.2, 0.25) is 5.02 Å². The Morgan fingerprint density at radius 1 is 1.23 bits per heavy atom. The molecule has 0 spiro atoms. The second-order valence-corrected chi connectivity index (χ2v) is 9.01. The normalized spacial score (nSPS) is 11.1. The molecular formula is C27H28ClF2N7O3. The number of rotatable bonds is 11. The van der Waals surface area contributed by atoms with Gasteiger partial charge in [0.1, 0.15) is 0 Å². The Morgan fingerprint density at radius 3 is 2.62 bits per heavy atom. The molecule has 1 heterocycles. The number of ether oxygens (including phenoxy) is 1. The van der Waals surface area contributed by atoms with Gasteiger partial charge in [0.15, 0.2) is 17.4 Å². The van der Waals surface area contributed by atoms with E-state index in [1.165, 1.54) is 55.3 Å². The van der Waals surface area contributed by atoms with Crippen LogP contribution in [0.25, 0.3) is 11.3 Å². The number of hydrogen-bond donors (Lipinski definition) is 3. The van der Waals surface area contributed by atoms with Crippen LogP contribution in [-0.4, -0.2) is 53.6 Å². The smallest absolute Gasteiger partial charge is 0.291 e. The first-order valence-corrected chi connectivity index (χ1v) is 12.4. The summed E-state index contributed by atoms with van der Waals surface area (Å²) in [5, 5.41) is 16.0. The number of nitrogens with one attached hydrogen (secondary N) is 3. The molecule has 0 saturated heterocycles. The topological polar surface area (TPSA) is 124 Å². The first-order chi connectivity index (χ1) is 19.1. The molecule has 0 radical (unpaired) electrons. The van der Waals surface area contributed by atoms with Crippen molar-refractivity contribution in [2.45, 2.75) is 13.3 Å². The standard InChI is InChI=1S/C27H28ClF2N7O3/c1-16(15-37(32-2)11-5-10-31)13-34-26(38)18-7-6-17(12-20(18)28)35-27(39)25-33-14-21(36(25)3)19-8-9-22(40-4)24(30)23(19)29/h6-9,12,14-15,32H,5,11,13H2,1-4H3,(H,34,38)(H,35,39)/b16-15+. The van der Waals surface area contributed by atoms with Crippen molar-refractivity contribution in [1.29, 1.82) is 5.26 Å². The number of nitriles is 1. The van der Waals surface area contributed by atoms with Crippen LogP contribution >= 0.6 is 11.6 Å². The molecule has 0 unspecified atom stereocenters. The maximum atomic E-state index is 14.6. The minimum atomic E-state index is -1.15. The van der Waals surface area contributed by atoms with E-state index in [0.29, 0.717) is 18.7 Å². The van der Waals surface area contributed by atoms with Gasteiger partial charge < -0.3 is 24.9 Å². The van der Waals surface area contributed by atoms with Crippen molar-refractivity contribution in [2.75, 3.05) is 32.6 Å². The van der Waals surface area contributed by atoms with E-state index in [4.69, 9.17) is 21.6 Å². The lowest BCUT2D eigenvalue weighted by Gasteiger charge is -2.18. The van der Waals surface area contributed by atoms with Crippen LogP contribution < -0.4 is 20.8 Å². The molecule has 3 aromatic rings. The average molecular weight is 572 g/mol. The summed E-state index contributed by atoms with van der Waals surface area (Å²) in [6, 6.07) is 9.09. The SMILES string of the molecule is CNN(/C=C(\C)CNC(=O)c1ccc(NC(=O)c2ncc(-c3ccc(OC)c(F)c3F)n2C)cc1Cl)CCC#N. The van der Waals surface area contributed by atoms with E-state index in [2.05, 4.69) is 27.1 Å². The molecule has 0 saturated carbocycles. The molecule has 0 fully saturated rings. The van der Waals surface area contributed by atoms with Crippen LogP contribution in [-0.2, 0) is 7.05 Å². The monoisotopic (exact) mass is 571 g/mol. The Kier molecular flexibility index (Phi) is 10.2. The van der Waals surface area contributed by atoms with Gasteiger partial charge in [-0.2, -0.15) is 9.65 Å². The summed E-state index contributed by atoms with van der Waals surface area (Å²) in [6.45, 7) is 2.58. The van der Waals surface area contributed by atoms with E-state index in [9.17, 15) is 18.4 Å². The van der Waals surface area contributed by atoms with Crippen LogP contribution in [0.4, 0.5) is 14.5 Å². The summed E-state index contributed by atoms with van der Waals surface area (Å²) in [7, 11) is 4.46. The largest absolute Gasteiger partial charge is 0.494 e. The third-order valence-electron chi connectivity index (χ3n) is 5.86. The first-order valence-electron chi connectivity index (χ1n) is 12.0. The maximum absolute atomic E-state index is 14.6. The van der Waals surface area contributed by atoms with Gasteiger partial charge in [0, 0.05) is 44.6 Å². The zero-order valence-corrected chi connectivity index (χ0v) is 23.1. The lowest BCUT2D eigenvalue weighted by Crippen LogP contribution is -2.32. The third kappa shape index (κ3) is 6.93. The highest BCUT2D eigenvalue weighted by Crippen LogP contribution is 2.30. The van der Waals surface area contributed by atoms with E-state index in [1.807, 2.05) is 6.92 Å². The highest BCUT2D eigenvalue weighted by Gasteiger charge is 2.21. The van der Waals surface area contributed by atoms with E-state index in [-0.39, 0.29) is 40.0 Å². The minimum Gasteiger partial charge on any atom is -0.494 e. The Morgan fingerprint density at radius 2 is 1.98 bits per heavy atom. The number of hydrazine groups is 1. The van der Waals surface area contributed by atoms with Gasteiger partial charge in [0.25, 0.3) is 11.8 Å². The van der Waals surface area contributed by atoms with Gasteiger partial charge in [-0.1, -0.05) is 11.6 Å². The molecular weight excluding hydrogens is 544 g/mol. The molecule has 0 aliphatic rings. The lowest BCUT2D eigenvalue weighted by molar-refractivity contribution is 0.0956. The van der Waals surface area contributed by atoms with Crippen molar-refractivity contribution in [3.05, 3.63) is 76.3 Å². The van der Waals surface area contributed by atoms with Gasteiger partial charge in [0.05, 0.1) is 42.1 Å². The number of carbonyl (C=O) groups is 2. The highest BCUT2D eigenvalue weighted by molar-refractivity contribution is 6.34.